The van der Waals surface area contributed by atoms with Crippen molar-refractivity contribution in [3.8, 4) is 17.0 Å². The van der Waals surface area contributed by atoms with Crippen LogP contribution in [-0.4, -0.2) is 35.6 Å². The Bertz CT molecular complexity index is 1260. The molecule has 4 aromatic rings. The van der Waals surface area contributed by atoms with Crippen LogP contribution in [0.25, 0.3) is 22.2 Å². The Balaban J connectivity index is 1.48. The molecule has 7 heteroatoms. The number of para-hydroxylation sites is 2. The van der Waals surface area contributed by atoms with E-state index >= 15 is 0 Å². The number of rotatable bonds is 7. The molecular formula is C25H21N3O4. The topological polar surface area (TPSA) is 90.4 Å². The summed E-state index contributed by atoms with van der Waals surface area (Å²) < 4.78 is 10.6. The number of esters is 1. The second kappa shape index (κ2) is 9.70. The maximum Gasteiger partial charge on any atom is 0.339 e. The normalized spacial score (nSPS) is 10.5. The number of pyridine rings is 2. The molecule has 160 valence electrons. The first-order valence-electron chi connectivity index (χ1n) is 10.0. The fourth-order valence-corrected chi connectivity index (χ4v) is 3.31. The van der Waals surface area contributed by atoms with Crippen molar-refractivity contribution in [1.29, 1.82) is 0 Å². The van der Waals surface area contributed by atoms with Gasteiger partial charge in [-0.05, 0) is 30.3 Å². The molecule has 2 heterocycles. The molecule has 0 atom stereocenters. The smallest absolute Gasteiger partial charge is 0.339 e. The van der Waals surface area contributed by atoms with Crippen LogP contribution in [0, 0.1) is 0 Å². The highest BCUT2D eigenvalue weighted by atomic mass is 16.5. The molecule has 1 amide bonds. The summed E-state index contributed by atoms with van der Waals surface area (Å²) in [5, 5.41) is 3.39. The van der Waals surface area contributed by atoms with E-state index in [0.29, 0.717) is 27.9 Å². The zero-order chi connectivity index (χ0) is 22.3. The highest BCUT2D eigenvalue weighted by Gasteiger charge is 2.17. The summed E-state index contributed by atoms with van der Waals surface area (Å²) >= 11 is 0. The number of ether oxygens (including phenoxy) is 2. The number of methoxy groups -OCH3 is 1. The third kappa shape index (κ3) is 4.73. The molecular weight excluding hydrogens is 406 g/mol. The maximum absolute atomic E-state index is 12.9. The van der Waals surface area contributed by atoms with Gasteiger partial charge < -0.3 is 14.8 Å². The summed E-state index contributed by atoms with van der Waals surface area (Å²) in [7, 11) is 1.57. The van der Waals surface area contributed by atoms with Gasteiger partial charge in [-0.1, -0.05) is 36.4 Å². The predicted octanol–water partition coefficient (Wildman–Crippen LogP) is 3.78. The molecule has 32 heavy (non-hydrogen) atoms. The molecule has 0 spiro atoms. The fourth-order valence-electron chi connectivity index (χ4n) is 3.31. The lowest BCUT2D eigenvalue weighted by atomic mass is 10.1. The van der Waals surface area contributed by atoms with E-state index in [1.807, 2.05) is 48.5 Å². The molecule has 0 unspecified atom stereocenters. The Hall–Kier alpha value is -4.26. The van der Waals surface area contributed by atoms with Crippen molar-refractivity contribution in [2.45, 2.75) is 6.54 Å². The van der Waals surface area contributed by atoms with Gasteiger partial charge in [0.2, 0.25) is 0 Å². The number of benzene rings is 2. The van der Waals surface area contributed by atoms with Gasteiger partial charge in [-0.15, -0.1) is 0 Å². The van der Waals surface area contributed by atoms with Gasteiger partial charge in [0.25, 0.3) is 5.91 Å². The van der Waals surface area contributed by atoms with Crippen molar-refractivity contribution in [2.24, 2.45) is 0 Å². The third-order valence-corrected chi connectivity index (χ3v) is 4.90. The average molecular weight is 427 g/mol. The van der Waals surface area contributed by atoms with Gasteiger partial charge in [0.05, 0.1) is 23.9 Å². The van der Waals surface area contributed by atoms with Crippen molar-refractivity contribution in [3.63, 3.8) is 0 Å². The zero-order valence-electron chi connectivity index (χ0n) is 17.4. The van der Waals surface area contributed by atoms with E-state index in [2.05, 4.69) is 15.3 Å². The van der Waals surface area contributed by atoms with Gasteiger partial charge >= 0.3 is 5.97 Å². The molecule has 2 aromatic heterocycles. The summed E-state index contributed by atoms with van der Waals surface area (Å²) in [5.74, 6) is -0.327. The number of amides is 1. The van der Waals surface area contributed by atoms with Gasteiger partial charge in [-0.2, -0.15) is 0 Å². The van der Waals surface area contributed by atoms with Crippen LogP contribution in [-0.2, 0) is 16.1 Å². The number of nitrogens with one attached hydrogen (secondary N) is 1. The molecule has 0 fully saturated rings. The quantitative estimate of drug-likeness (QED) is 0.452. The van der Waals surface area contributed by atoms with E-state index in [0.717, 1.165) is 11.1 Å². The van der Waals surface area contributed by atoms with Gasteiger partial charge in [0.1, 0.15) is 5.75 Å². The van der Waals surface area contributed by atoms with Crippen LogP contribution in [0.3, 0.4) is 0 Å². The number of hydrogen-bond donors (Lipinski definition) is 1. The van der Waals surface area contributed by atoms with Gasteiger partial charge in [-0.25, -0.2) is 9.78 Å². The number of carbonyl (C=O) groups is 2. The van der Waals surface area contributed by atoms with Crippen LogP contribution in [0.1, 0.15) is 15.9 Å². The maximum atomic E-state index is 12.9. The van der Waals surface area contributed by atoms with E-state index in [-0.39, 0.29) is 6.54 Å². The molecule has 0 saturated carbocycles. The second-order valence-corrected chi connectivity index (χ2v) is 6.98. The Morgan fingerprint density at radius 2 is 1.81 bits per heavy atom. The third-order valence-electron chi connectivity index (χ3n) is 4.90. The van der Waals surface area contributed by atoms with Crippen LogP contribution < -0.4 is 10.1 Å². The van der Waals surface area contributed by atoms with E-state index in [1.165, 1.54) is 0 Å². The Morgan fingerprint density at radius 1 is 1.00 bits per heavy atom. The Morgan fingerprint density at radius 3 is 2.62 bits per heavy atom. The number of hydrogen-bond acceptors (Lipinski definition) is 6. The average Bonchev–Trinajstić information content (AvgIpc) is 2.86. The number of carbonyl (C=O) groups excluding carboxylic acids is 2. The molecule has 7 nitrogen and oxygen atoms in total. The molecule has 0 aliphatic rings. The first kappa shape index (κ1) is 21.0. The van der Waals surface area contributed by atoms with Gasteiger partial charge in [0, 0.05) is 35.5 Å². The summed E-state index contributed by atoms with van der Waals surface area (Å²) in [6.07, 6.45) is 3.35. The molecule has 4 rings (SSSR count). The Labute approximate surface area is 185 Å². The first-order valence-corrected chi connectivity index (χ1v) is 10.0. The van der Waals surface area contributed by atoms with Gasteiger partial charge in [-0.3, -0.25) is 9.78 Å². The lowest BCUT2D eigenvalue weighted by molar-refractivity contribution is -0.124. The van der Waals surface area contributed by atoms with E-state index < -0.39 is 18.5 Å². The predicted molar refractivity (Wildman–Crippen MR) is 120 cm³/mol. The van der Waals surface area contributed by atoms with Crippen LogP contribution in [0.5, 0.6) is 5.75 Å². The largest absolute Gasteiger partial charge is 0.496 e. The highest BCUT2D eigenvalue weighted by molar-refractivity contribution is 6.05. The van der Waals surface area contributed by atoms with E-state index in [9.17, 15) is 9.59 Å². The molecule has 0 aliphatic heterocycles. The lowest BCUT2D eigenvalue weighted by Crippen LogP contribution is -2.28. The van der Waals surface area contributed by atoms with E-state index in [1.54, 1.807) is 37.7 Å². The SMILES string of the molecule is COc1ccccc1CNC(=O)COC(=O)c1cc(-c2cccnc2)nc2ccccc12. The highest BCUT2D eigenvalue weighted by Crippen LogP contribution is 2.25. The Kier molecular flexibility index (Phi) is 6.36. The van der Waals surface area contributed by atoms with Gasteiger partial charge in [0.15, 0.2) is 6.61 Å². The fraction of sp³-hybridized carbons (Fsp3) is 0.120. The molecule has 0 bridgehead atoms. The van der Waals surface area contributed by atoms with Crippen LogP contribution in [0.15, 0.2) is 79.1 Å². The molecule has 0 aliphatic carbocycles. The second-order valence-electron chi connectivity index (χ2n) is 6.98. The van der Waals surface area contributed by atoms with Crippen LogP contribution in [0.2, 0.25) is 0 Å². The summed E-state index contributed by atoms with van der Waals surface area (Å²) in [6.45, 7) is -0.128. The molecule has 0 radical (unpaired) electrons. The van der Waals surface area contributed by atoms with Crippen molar-refractivity contribution in [3.05, 3.63) is 90.3 Å². The summed E-state index contributed by atoms with van der Waals surface area (Å²) in [5.41, 5.74) is 3.20. The minimum atomic E-state index is -0.596. The van der Waals surface area contributed by atoms with Crippen molar-refractivity contribution < 1.29 is 19.1 Å². The summed E-state index contributed by atoms with van der Waals surface area (Å²) in [6, 6.07) is 20.0. The summed E-state index contributed by atoms with van der Waals surface area (Å²) in [4.78, 5) is 33.8. The first-order chi connectivity index (χ1) is 15.7. The van der Waals surface area contributed by atoms with E-state index in [4.69, 9.17) is 9.47 Å². The van der Waals surface area contributed by atoms with Crippen LogP contribution >= 0.6 is 0 Å². The number of aromatic nitrogens is 2. The van der Waals surface area contributed by atoms with Crippen molar-refractivity contribution >= 4 is 22.8 Å². The van der Waals surface area contributed by atoms with Crippen molar-refractivity contribution in [2.75, 3.05) is 13.7 Å². The molecule has 0 saturated heterocycles. The minimum Gasteiger partial charge on any atom is -0.496 e. The number of nitrogens with zero attached hydrogens (tertiary/aromatic N) is 2. The minimum absolute atomic E-state index is 0.268. The lowest BCUT2D eigenvalue weighted by Gasteiger charge is -2.11. The zero-order valence-corrected chi connectivity index (χ0v) is 17.4. The molecule has 1 N–H and O–H groups in total. The van der Waals surface area contributed by atoms with Crippen molar-refractivity contribution in [1.82, 2.24) is 15.3 Å². The standard InChI is InChI=1S/C25H21N3O4/c1-31-23-11-5-2-7-18(23)15-27-24(29)16-32-25(30)20-13-22(17-8-6-12-26-14-17)28-21-10-4-3-9-19(20)21/h2-14H,15-16H2,1H3,(H,27,29). The van der Waals surface area contributed by atoms with Crippen LogP contribution in [0.4, 0.5) is 0 Å². The molecule has 2 aromatic carbocycles. The number of fused-ring (bicyclic) bond motifs is 1. The monoisotopic (exact) mass is 427 g/mol.